The van der Waals surface area contributed by atoms with Crippen LogP contribution in [0.5, 0.6) is 0 Å². The first-order chi connectivity index (χ1) is 9.01. The molecule has 7 heteroatoms. The summed E-state index contributed by atoms with van der Waals surface area (Å²) in [5.74, 6) is -1.20. The van der Waals surface area contributed by atoms with Gasteiger partial charge in [0.2, 0.25) is 0 Å². The lowest BCUT2D eigenvalue weighted by atomic mass is 10.4. The molecule has 0 spiro atoms. The van der Waals surface area contributed by atoms with Crippen molar-refractivity contribution in [2.75, 3.05) is 33.9 Å². The maximum atomic E-state index is 11.2. The van der Waals surface area contributed by atoms with E-state index in [1.165, 1.54) is 4.90 Å². The molecule has 1 N–H and O–H groups in total. The Morgan fingerprint density at radius 3 is 2.26 bits per heavy atom. The Balaban J connectivity index is 3.75. The molecule has 0 saturated carbocycles. The lowest BCUT2D eigenvalue weighted by molar-refractivity contribution is -0.140. The second-order valence-corrected chi connectivity index (χ2v) is 3.58. The summed E-state index contributed by atoms with van der Waals surface area (Å²) in [7, 11) is 3.18. The Morgan fingerprint density at radius 2 is 1.74 bits per heavy atom. The van der Waals surface area contributed by atoms with E-state index in [1.54, 1.807) is 21.0 Å². The van der Waals surface area contributed by atoms with E-state index in [0.717, 1.165) is 12.2 Å². The van der Waals surface area contributed by atoms with Gasteiger partial charge in [-0.05, 0) is 13.3 Å². The van der Waals surface area contributed by atoms with Crippen molar-refractivity contribution in [2.24, 2.45) is 0 Å². The zero-order chi connectivity index (χ0) is 14.7. The van der Waals surface area contributed by atoms with E-state index in [-0.39, 0.29) is 19.2 Å². The van der Waals surface area contributed by atoms with Gasteiger partial charge in [0.05, 0.1) is 13.2 Å². The summed E-state index contributed by atoms with van der Waals surface area (Å²) in [5.41, 5.74) is 0. The normalized spacial score (nSPS) is 10.1. The van der Waals surface area contributed by atoms with E-state index in [4.69, 9.17) is 4.74 Å². The van der Waals surface area contributed by atoms with Crippen LogP contribution in [-0.2, 0) is 19.1 Å². The largest absolute Gasteiger partial charge is 0.463 e. The number of carbonyl (C=O) groups is 3. The van der Waals surface area contributed by atoms with Gasteiger partial charge < -0.3 is 19.7 Å². The Morgan fingerprint density at radius 1 is 1.16 bits per heavy atom. The Kier molecular flexibility index (Phi) is 8.86. The minimum atomic E-state index is -0.615. The third-order valence-corrected chi connectivity index (χ3v) is 2.08. The molecule has 0 aromatic heterocycles. The van der Waals surface area contributed by atoms with Crippen LogP contribution in [0, 0.1) is 0 Å². The van der Waals surface area contributed by atoms with Crippen molar-refractivity contribution >= 4 is 18.0 Å². The number of amides is 2. The van der Waals surface area contributed by atoms with Gasteiger partial charge in [-0.2, -0.15) is 0 Å². The number of nitrogens with one attached hydrogen (secondary N) is 1. The van der Waals surface area contributed by atoms with Crippen LogP contribution in [0.1, 0.15) is 13.3 Å². The minimum absolute atomic E-state index is 0.174. The lowest BCUT2D eigenvalue weighted by Gasteiger charge is -2.15. The molecular formula is C12H20N2O5. The Hall–Kier alpha value is -2.05. The van der Waals surface area contributed by atoms with Crippen molar-refractivity contribution in [1.82, 2.24) is 10.2 Å². The Bertz CT molecular complexity index is 341. The molecule has 7 nitrogen and oxygen atoms in total. The zero-order valence-corrected chi connectivity index (χ0v) is 11.5. The van der Waals surface area contributed by atoms with E-state index >= 15 is 0 Å². The fraction of sp³-hybridized carbons (Fsp3) is 0.583. The molecule has 0 aliphatic carbocycles. The van der Waals surface area contributed by atoms with Gasteiger partial charge in [-0.15, -0.1) is 0 Å². The number of urea groups is 1. The summed E-state index contributed by atoms with van der Waals surface area (Å²) in [5, 5.41) is 2.48. The molecule has 0 heterocycles. The van der Waals surface area contributed by atoms with Crippen LogP contribution >= 0.6 is 0 Å². The van der Waals surface area contributed by atoms with E-state index in [9.17, 15) is 14.4 Å². The molecule has 0 rings (SSSR count). The number of ether oxygens (including phenoxy) is 2. The smallest absolute Gasteiger partial charge is 0.331 e. The van der Waals surface area contributed by atoms with Crippen LogP contribution in [-0.4, -0.2) is 56.7 Å². The maximum Gasteiger partial charge on any atom is 0.331 e. The summed E-state index contributed by atoms with van der Waals surface area (Å²) in [6, 6.07) is -0.200. The molecular weight excluding hydrogens is 252 g/mol. The van der Waals surface area contributed by atoms with Crippen LogP contribution in [0.25, 0.3) is 0 Å². The number of esters is 2. The fourth-order valence-electron chi connectivity index (χ4n) is 1.14. The highest BCUT2D eigenvalue weighted by Crippen LogP contribution is 1.91. The molecule has 0 aromatic carbocycles. The topological polar surface area (TPSA) is 84.9 Å². The molecule has 0 bridgehead atoms. The molecule has 0 saturated heterocycles. The number of hydrogen-bond acceptors (Lipinski definition) is 5. The third-order valence-electron chi connectivity index (χ3n) is 2.08. The molecule has 0 fully saturated rings. The highest BCUT2D eigenvalue weighted by atomic mass is 16.5. The van der Waals surface area contributed by atoms with Crippen molar-refractivity contribution in [3.8, 4) is 0 Å². The van der Waals surface area contributed by atoms with Gasteiger partial charge >= 0.3 is 18.0 Å². The number of nitrogens with zero attached hydrogens (tertiary/aromatic N) is 1. The van der Waals surface area contributed by atoms with Crippen molar-refractivity contribution in [1.29, 1.82) is 0 Å². The first kappa shape index (κ1) is 16.9. The second-order valence-electron chi connectivity index (χ2n) is 3.58. The third kappa shape index (κ3) is 8.64. The number of carbonyl (C=O) groups excluding carboxylic acids is 3. The zero-order valence-electron chi connectivity index (χ0n) is 11.5. The van der Waals surface area contributed by atoms with Gasteiger partial charge in [-0.1, -0.05) is 0 Å². The van der Waals surface area contributed by atoms with Gasteiger partial charge in [-0.25, -0.2) is 14.4 Å². The van der Waals surface area contributed by atoms with Gasteiger partial charge in [0.15, 0.2) is 0 Å². The number of hydrogen-bond donors (Lipinski definition) is 1. The average Bonchev–Trinajstić information content (AvgIpc) is 2.40. The van der Waals surface area contributed by atoms with Gasteiger partial charge in [0.25, 0.3) is 0 Å². The van der Waals surface area contributed by atoms with Crippen molar-refractivity contribution in [3.63, 3.8) is 0 Å². The SMILES string of the molecule is CCOC(=O)/C=C/C(=O)OCCCN(C)C(=O)NC. The molecule has 0 unspecified atom stereocenters. The van der Waals surface area contributed by atoms with Gasteiger partial charge in [0, 0.05) is 32.8 Å². The minimum Gasteiger partial charge on any atom is -0.463 e. The molecule has 0 aromatic rings. The summed E-state index contributed by atoms with van der Waals surface area (Å²) in [6.45, 7) is 2.57. The van der Waals surface area contributed by atoms with Crippen molar-refractivity contribution < 1.29 is 23.9 Å². The molecule has 108 valence electrons. The molecule has 0 radical (unpaired) electrons. The maximum absolute atomic E-state index is 11.2. The summed E-state index contributed by atoms with van der Waals surface area (Å²) in [4.78, 5) is 34.7. The molecule has 0 atom stereocenters. The van der Waals surface area contributed by atoms with Crippen LogP contribution < -0.4 is 5.32 Å². The van der Waals surface area contributed by atoms with Gasteiger partial charge in [-0.3, -0.25) is 0 Å². The summed E-state index contributed by atoms with van der Waals surface area (Å²) >= 11 is 0. The average molecular weight is 272 g/mol. The van der Waals surface area contributed by atoms with Crippen molar-refractivity contribution in [3.05, 3.63) is 12.2 Å². The lowest BCUT2D eigenvalue weighted by Crippen LogP contribution is -2.35. The standard InChI is InChI=1S/C12H20N2O5/c1-4-18-10(15)6-7-11(16)19-9-5-8-14(3)12(17)13-2/h6-7H,4-5,8-9H2,1-3H3,(H,13,17)/b7-6+. The quantitative estimate of drug-likeness (QED) is 0.409. The van der Waals surface area contributed by atoms with Crippen LogP contribution in [0.2, 0.25) is 0 Å². The van der Waals surface area contributed by atoms with Crippen LogP contribution in [0.3, 0.4) is 0 Å². The van der Waals surface area contributed by atoms with E-state index < -0.39 is 11.9 Å². The first-order valence-electron chi connectivity index (χ1n) is 5.95. The van der Waals surface area contributed by atoms with Crippen LogP contribution in [0.4, 0.5) is 4.79 Å². The van der Waals surface area contributed by atoms with E-state index in [2.05, 4.69) is 10.1 Å². The molecule has 0 aliphatic rings. The molecule has 19 heavy (non-hydrogen) atoms. The van der Waals surface area contributed by atoms with E-state index in [1.807, 2.05) is 0 Å². The van der Waals surface area contributed by atoms with Crippen molar-refractivity contribution in [2.45, 2.75) is 13.3 Å². The predicted octanol–water partition coefficient (Wildman–Crippen LogP) is 0.310. The summed E-state index contributed by atoms with van der Waals surface area (Å²) < 4.78 is 9.45. The summed E-state index contributed by atoms with van der Waals surface area (Å²) in [6.07, 6.45) is 2.55. The highest BCUT2D eigenvalue weighted by Gasteiger charge is 2.05. The monoisotopic (exact) mass is 272 g/mol. The predicted molar refractivity (Wildman–Crippen MR) is 68.4 cm³/mol. The van der Waals surface area contributed by atoms with E-state index in [0.29, 0.717) is 13.0 Å². The fourth-order valence-corrected chi connectivity index (χ4v) is 1.14. The second kappa shape index (κ2) is 9.93. The highest BCUT2D eigenvalue weighted by molar-refractivity contribution is 5.91. The number of rotatable bonds is 7. The molecule has 2 amide bonds. The first-order valence-corrected chi connectivity index (χ1v) is 5.95. The van der Waals surface area contributed by atoms with Crippen LogP contribution in [0.15, 0.2) is 12.2 Å². The Labute approximate surface area is 112 Å². The van der Waals surface area contributed by atoms with Gasteiger partial charge in [0.1, 0.15) is 0 Å². The molecule has 0 aliphatic heterocycles.